The summed E-state index contributed by atoms with van der Waals surface area (Å²) >= 11 is 0. The number of rotatable bonds is 3. The third kappa shape index (κ3) is 3.70. The zero-order chi connectivity index (χ0) is 17.4. The molecule has 1 heterocycles. The molecule has 1 aromatic carbocycles. The highest BCUT2D eigenvalue weighted by Gasteiger charge is 2.21. The van der Waals surface area contributed by atoms with E-state index in [2.05, 4.69) is 10.4 Å². The van der Waals surface area contributed by atoms with E-state index in [9.17, 15) is 14.3 Å². The third-order valence-corrected chi connectivity index (χ3v) is 3.64. The number of nitrogens with one attached hydrogen (secondary N) is 1. The number of hydrogen-bond acceptors (Lipinski definition) is 3. The fourth-order valence-corrected chi connectivity index (χ4v) is 2.28. The van der Waals surface area contributed by atoms with Gasteiger partial charge in [0, 0.05) is 17.8 Å². The molecule has 0 saturated carbocycles. The molecule has 0 spiro atoms. The molecule has 2 aromatic rings. The Kier molecular flexibility index (Phi) is 4.45. The number of hydrogen-bond donors (Lipinski definition) is 2. The molecule has 6 heteroatoms. The van der Waals surface area contributed by atoms with Crippen molar-refractivity contribution in [3.05, 3.63) is 47.0 Å². The van der Waals surface area contributed by atoms with Crippen LogP contribution in [0.4, 0.5) is 4.39 Å². The number of halogens is 1. The standard InChI is InChI=1S/C17H22FN3O2/c1-10(14-9-21(17(3,4)5)20-11(14)2)19-16(23)13-7-6-12(22)8-15(13)18/h6-10,22H,1-5H3,(H,19,23)/t10-/m0/s1. The normalized spacial score (nSPS) is 13.0. The molecule has 0 aliphatic rings. The van der Waals surface area contributed by atoms with Gasteiger partial charge in [-0.25, -0.2) is 4.39 Å². The van der Waals surface area contributed by atoms with Crippen molar-refractivity contribution in [2.45, 2.75) is 46.2 Å². The molecule has 2 N–H and O–H groups in total. The maximum absolute atomic E-state index is 13.8. The Labute approximate surface area is 135 Å². The van der Waals surface area contributed by atoms with Gasteiger partial charge in [-0.1, -0.05) is 0 Å². The number of aromatic nitrogens is 2. The summed E-state index contributed by atoms with van der Waals surface area (Å²) in [6, 6.07) is 3.15. The van der Waals surface area contributed by atoms with Gasteiger partial charge in [0.1, 0.15) is 11.6 Å². The van der Waals surface area contributed by atoms with E-state index >= 15 is 0 Å². The van der Waals surface area contributed by atoms with Crippen LogP contribution in [0.3, 0.4) is 0 Å². The van der Waals surface area contributed by atoms with Gasteiger partial charge >= 0.3 is 0 Å². The summed E-state index contributed by atoms with van der Waals surface area (Å²) in [7, 11) is 0. The number of aromatic hydroxyl groups is 1. The zero-order valence-corrected chi connectivity index (χ0v) is 14.0. The number of benzene rings is 1. The van der Waals surface area contributed by atoms with Crippen molar-refractivity contribution in [3.63, 3.8) is 0 Å². The number of phenols is 1. The van der Waals surface area contributed by atoms with Crippen LogP contribution in [0, 0.1) is 12.7 Å². The second kappa shape index (κ2) is 6.02. The lowest BCUT2D eigenvalue weighted by Crippen LogP contribution is -2.27. The predicted molar refractivity (Wildman–Crippen MR) is 85.9 cm³/mol. The smallest absolute Gasteiger partial charge is 0.254 e. The van der Waals surface area contributed by atoms with Gasteiger partial charge in [-0.05, 0) is 46.8 Å². The molecule has 0 fully saturated rings. The lowest BCUT2D eigenvalue weighted by atomic mass is 10.1. The van der Waals surface area contributed by atoms with Crippen LogP contribution in [0.1, 0.15) is 55.4 Å². The molecule has 5 nitrogen and oxygen atoms in total. The van der Waals surface area contributed by atoms with E-state index < -0.39 is 11.7 Å². The van der Waals surface area contributed by atoms with E-state index in [1.54, 1.807) is 0 Å². The molecule has 1 aromatic heterocycles. The number of amides is 1. The first-order valence-electron chi connectivity index (χ1n) is 7.45. The van der Waals surface area contributed by atoms with Crippen molar-refractivity contribution in [3.8, 4) is 5.75 Å². The summed E-state index contributed by atoms with van der Waals surface area (Å²) in [5.41, 5.74) is 1.44. The number of carbonyl (C=O) groups excluding carboxylic acids is 1. The van der Waals surface area contributed by atoms with Crippen LogP contribution in [0.15, 0.2) is 24.4 Å². The largest absolute Gasteiger partial charge is 0.508 e. The zero-order valence-electron chi connectivity index (χ0n) is 14.0. The van der Waals surface area contributed by atoms with Gasteiger partial charge in [-0.2, -0.15) is 5.10 Å². The SMILES string of the molecule is Cc1nn(C(C)(C)C)cc1[C@H](C)NC(=O)c1ccc(O)cc1F. The van der Waals surface area contributed by atoms with Crippen LogP contribution >= 0.6 is 0 Å². The van der Waals surface area contributed by atoms with Crippen LogP contribution in [-0.4, -0.2) is 20.8 Å². The van der Waals surface area contributed by atoms with E-state index in [1.165, 1.54) is 12.1 Å². The van der Waals surface area contributed by atoms with Crippen molar-refractivity contribution in [1.29, 1.82) is 0 Å². The van der Waals surface area contributed by atoms with Gasteiger partial charge in [-0.3, -0.25) is 9.48 Å². The summed E-state index contributed by atoms with van der Waals surface area (Å²) in [6.07, 6.45) is 1.90. The van der Waals surface area contributed by atoms with E-state index in [0.29, 0.717) is 0 Å². The summed E-state index contributed by atoms with van der Waals surface area (Å²) in [5, 5.41) is 16.4. The average molecular weight is 319 g/mol. The Morgan fingerprint density at radius 1 is 1.39 bits per heavy atom. The van der Waals surface area contributed by atoms with Gasteiger partial charge in [0.15, 0.2) is 0 Å². The maximum Gasteiger partial charge on any atom is 0.254 e. The minimum Gasteiger partial charge on any atom is -0.508 e. The van der Waals surface area contributed by atoms with Gasteiger partial charge < -0.3 is 10.4 Å². The molecule has 0 saturated heterocycles. The van der Waals surface area contributed by atoms with E-state index in [1.807, 2.05) is 45.5 Å². The average Bonchev–Trinajstić information content (AvgIpc) is 2.80. The Morgan fingerprint density at radius 3 is 2.57 bits per heavy atom. The van der Waals surface area contributed by atoms with Crippen molar-refractivity contribution < 1.29 is 14.3 Å². The molecule has 1 atom stereocenters. The summed E-state index contributed by atoms with van der Waals surface area (Å²) in [5.74, 6) is -1.50. The Hall–Kier alpha value is -2.37. The highest BCUT2D eigenvalue weighted by molar-refractivity contribution is 5.94. The van der Waals surface area contributed by atoms with E-state index in [-0.39, 0.29) is 22.9 Å². The van der Waals surface area contributed by atoms with Crippen LogP contribution in [0.2, 0.25) is 0 Å². The second-order valence-corrected chi connectivity index (χ2v) is 6.64. The Balaban J connectivity index is 2.20. The van der Waals surface area contributed by atoms with Crippen LogP contribution in [0.5, 0.6) is 5.75 Å². The van der Waals surface area contributed by atoms with Gasteiger partial charge in [0.05, 0.1) is 22.8 Å². The molecule has 23 heavy (non-hydrogen) atoms. The number of phenolic OH excluding ortho intramolecular Hbond substituents is 1. The second-order valence-electron chi connectivity index (χ2n) is 6.64. The van der Waals surface area contributed by atoms with Gasteiger partial charge in [0.2, 0.25) is 0 Å². The molecule has 0 aliphatic heterocycles. The van der Waals surface area contributed by atoms with Crippen molar-refractivity contribution in [1.82, 2.24) is 15.1 Å². The minimum absolute atomic E-state index is 0.101. The number of carbonyl (C=O) groups is 1. The van der Waals surface area contributed by atoms with Crippen LogP contribution < -0.4 is 5.32 Å². The number of nitrogens with zero attached hydrogens (tertiary/aromatic N) is 2. The molecule has 0 unspecified atom stereocenters. The van der Waals surface area contributed by atoms with Gasteiger partial charge in [0.25, 0.3) is 5.91 Å². The molecule has 0 aliphatic carbocycles. The highest BCUT2D eigenvalue weighted by atomic mass is 19.1. The maximum atomic E-state index is 13.8. The Morgan fingerprint density at radius 2 is 2.04 bits per heavy atom. The molecule has 124 valence electrons. The van der Waals surface area contributed by atoms with Crippen molar-refractivity contribution in [2.75, 3.05) is 0 Å². The number of aryl methyl sites for hydroxylation is 1. The van der Waals surface area contributed by atoms with E-state index in [4.69, 9.17) is 0 Å². The van der Waals surface area contributed by atoms with Crippen molar-refractivity contribution in [2.24, 2.45) is 0 Å². The predicted octanol–water partition coefficient (Wildman–Crippen LogP) is 3.28. The molecule has 1 amide bonds. The molecule has 0 radical (unpaired) electrons. The molecule has 0 bridgehead atoms. The lowest BCUT2D eigenvalue weighted by Gasteiger charge is -2.19. The molecule has 2 rings (SSSR count). The first-order valence-corrected chi connectivity index (χ1v) is 7.45. The Bertz CT molecular complexity index is 732. The molecular weight excluding hydrogens is 297 g/mol. The summed E-state index contributed by atoms with van der Waals surface area (Å²) in [6.45, 7) is 9.82. The highest BCUT2D eigenvalue weighted by Crippen LogP contribution is 2.22. The topological polar surface area (TPSA) is 67.2 Å². The monoisotopic (exact) mass is 319 g/mol. The van der Waals surface area contributed by atoms with Crippen LogP contribution in [0.25, 0.3) is 0 Å². The first kappa shape index (κ1) is 17.0. The minimum atomic E-state index is -0.753. The lowest BCUT2D eigenvalue weighted by molar-refractivity contribution is 0.0935. The third-order valence-electron chi connectivity index (χ3n) is 3.64. The fraction of sp³-hybridized carbons (Fsp3) is 0.412. The first-order chi connectivity index (χ1) is 10.6. The summed E-state index contributed by atoms with van der Waals surface area (Å²) < 4.78 is 15.6. The quantitative estimate of drug-likeness (QED) is 0.912. The molecular formula is C17H22FN3O2. The van der Waals surface area contributed by atoms with Gasteiger partial charge in [-0.15, -0.1) is 0 Å². The summed E-state index contributed by atoms with van der Waals surface area (Å²) in [4.78, 5) is 12.2. The van der Waals surface area contributed by atoms with E-state index in [0.717, 1.165) is 17.3 Å². The fourth-order valence-electron chi connectivity index (χ4n) is 2.28. The van der Waals surface area contributed by atoms with Crippen molar-refractivity contribution >= 4 is 5.91 Å². The van der Waals surface area contributed by atoms with Crippen LogP contribution in [-0.2, 0) is 5.54 Å².